The summed E-state index contributed by atoms with van der Waals surface area (Å²) in [5.74, 6) is 0.963. The van der Waals surface area contributed by atoms with Crippen LogP contribution in [0.3, 0.4) is 0 Å². The van der Waals surface area contributed by atoms with Crippen molar-refractivity contribution in [3.05, 3.63) is 58.9 Å². The maximum absolute atomic E-state index is 13.4. The molecule has 4 rings (SSSR count). The maximum Gasteiger partial charge on any atom is 0.290 e. The number of aryl methyl sites for hydroxylation is 1. The molecule has 8 nitrogen and oxygen atoms in total. The van der Waals surface area contributed by atoms with Crippen molar-refractivity contribution < 1.29 is 14.3 Å². The fraction of sp³-hybridized carbons (Fsp3) is 0.333. The summed E-state index contributed by atoms with van der Waals surface area (Å²) in [6, 6.07) is 7.56. The Morgan fingerprint density at radius 1 is 1.27 bits per heavy atom. The van der Waals surface area contributed by atoms with Crippen molar-refractivity contribution in [1.29, 1.82) is 0 Å². The summed E-state index contributed by atoms with van der Waals surface area (Å²) in [7, 11) is 3.26. The summed E-state index contributed by atoms with van der Waals surface area (Å²) in [5, 5.41) is 0.143. The monoisotopic (exact) mass is 427 g/mol. The number of hydrogen-bond donors (Lipinski definition) is 0. The SMILES string of the molecule is COC[C@H]1Cn2cc(-c3nc(Cl)ncc3C)nc2C(=O)N1Cc1cccc(OC)c1. The van der Waals surface area contributed by atoms with Crippen molar-refractivity contribution >= 4 is 17.5 Å². The number of aromatic nitrogens is 4. The molecule has 9 heteroatoms. The smallest absolute Gasteiger partial charge is 0.290 e. The molecule has 0 radical (unpaired) electrons. The van der Waals surface area contributed by atoms with Gasteiger partial charge in [-0.25, -0.2) is 15.0 Å². The van der Waals surface area contributed by atoms with Gasteiger partial charge in [-0.1, -0.05) is 12.1 Å². The highest BCUT2D eigenvalue weighted by Gasteiger charge is 2.34. The van der Waals surface area contributed by atoms with E-state index in [4.69, 9.17) is 21.1 Å². The summed E-state index contributed by atoms with van der Waals surface area (Å²) in [6.45, 7) is 3.31. The molecule has 0 fully saturated rings. The Hall–Kier alpha value is -2.97. The summed E-state index contributed by atoms with van der Waals surface area (Å²) in [4.78, 5) is 28.0. The molecular formula is C21H22ClN5O3. The number of carbonyl (C=O) groups is 1. The van der Waals surface area contributed by atoms with Crippen LogP contribution in [0, 0.1) is 6.92 Å². The Morgan fingerprint density at radius 3 is 2.87 bits per heavy atom. The van der Waals surface area contributed by atoms with Crippen LogP contribution >= 0.6 is 11.6 Å². The summed E-state index contributed by atoms with van der Waals surface area (Å²) < 4.78 is 12.6. The predicted molar refractivity (Wildman–Crippen MR) is 112 cm³/mol. The molecule has 30 heavy (non-hydrogen) atoms. The first-order chi connectivity index (χ1) is 14.5. The van der Waals surface area contributed by atoms with E-state index in [9.17, 15) is 4.79 Å². The topological polar surface area (TPSA) is 82.4 Å². The molecule has 1 amide bonds. The van der Waals surface area contributed by atoms with E-state index in [0.29, 0.717) is 36.9 Å². The summed E-state index contributed by atoms with van der Waals surface area (Å²) >= 11 is 5.97. The Bertz CT molecular complexity index is 1080. The molecule has 1 aliphatic rings. The third-order valence-electron chi connectivity index (χ3n) is 5.11. The van der Waals surface area contributed by atoms with Crippen LogP contribution in [-0.4, -0.2) is 57.2 Å². The van der Waals surface area contributed by atoms with Gasteiger partial charge in [0.15, 0.2) is 5.82 Å². The molecule has 0 unspecified atom stereocenters. The molecule has 0 aliphatic carbocycles. The number of methoxy groups -OCH3 is 2. The van der Waals surface area contributed by atoms with Gasteiger partial charge in [-0.3, -0.25) is 4.79 Å². The molecule has 1 atom stereocenters. The summed E-state index contributed by atoms with van der Waals surface area (Å²) in [6.07, 6.45) is 3.48. The quantitative estimate of drug-likeness (QED) is 0.562. The van der Waals surface area contributed by atoms with Crippen LogP contribution in [0.25, 0.3) is 11.4 Å². The first-order valence-corrected chi connectivity index (χ1v) is 9.87. The van der Waals surface area contributed by atoms with Crippen molar-refractivity contribution in [2.45, 2.75) is 26.1 Å². The van der Waals surface area contributed by atoms with Crippen LogP contribution < -0.4 is 4.74 Å². The van der Waals surface area contributed by atoms with E-state index in [2.05, 4.69) is 15.0 Å². The average molecular weight is 428 g/mol. The zero-order chi connectivity index (χ0) is 21.3. The Kier molecular flexibility index (Phi) is 5.69. The molecule has 0 N–H and O–H groups in total. The molecule has 0 saturated carbocycles. The standard InChI is InChI=1S/C21H22ClN5O3/c1-13-8-23-21(22)25-18(13)17-11-26-10-15(12-29-2)27(20(28)19(26)24-17)9-14-5-4-6-16(7-14)30-3/h4-8,11,15H,9-10,12H2,1-3H3/t15-/m1/s1. The predicted octanol–water partition coefficient (Wildman–Crippen LogP) is 2.98. The summed E-state index contributed by atoms with van der Waals surface area (Å²) in [5.41, 5.74) is 3.03. The molecule has 1 aliphatic heterocycles. The van der Waals surface area contributed by atoms with Gasteiger partial charge in [-0.2, -0.15) is 0 Å². The van der Waals surface area contributed by atoms with Crippen molar-refractivity contribution in [1.82, 2.24) is 24.4 Å². The van der Waals surface area contributed by atoms with Gasteiger partial charge in [-0.15, -0.1) is 0 Å². The Balaban J connectivity index is 1.69. The van der Waals surface area contributed by atoms with Crippen LogP contribution in [0.4, 0.5) is 0 Å². The van der Waals surface area contributed by atoms with Gasteiger partial charge in [0.25, 0.3) is 5.91 Å². The van der Waals surface area contributed by atoms with Crippen LogP contribution in [-0.2, 0) is 17.8 Å². The van der Waals surface area contributed by atoms with Gasteiger partial charge in [0.2, 0.25) is 5.28 Å². The lowest BCUT2D eigenvalue weighted by molar-refractivity contribution is 0.0380. The van der Waals surface area contributed by atoms with Crippen molar-refractivity contribution in [3.8, 4) is 17.1 Å². The lowest BCUT2D eigenvalue weighted by Gasteiger charge is -2.35. The molecule has 0 bridgehead atoms. The minimum atomic E-state index is -0.157. The third-order valence-corrected chi connectivity index (χ3v) is 5.29. The van der Waals surface area contributed by atoms with Gasteiger partial charge >= 0.3 is 0 Å². The Morgan fingerprint density at radius 2 is 2.10 bits per heavy atom. The highest BCUT2D eigenvalue weighted by molar-refractivity contribution is 6.28. The highest BCUT2D eigenvalue weighted by atomic mass is 35.5. The molecule has 0 saturated heterocycles. The molecule has 3 aromatic rings. The van der Waals surface area contributed by atoms with E-state index < -0.39 is 0 Å². The van der Waals surface area contributed by atoms with E-state index in [1.54, 1.807) is 25.3 Å². The lowest BCUT2D eigenvalue weighted by atomic mass is 10.1. The zero-order valence-electron chi connectivity index (χ0n) is 17.0. The number of benzene rings is 1. The van der Waals surface area contributed by atoms with Crippen molar-refractivity contribution in [2.24, 2.45) is 0 Å². The maximum atomic E-state index is 13.4. The van der Waals surface area contributed by atoms with E-state index >= 15 is 0 Å². The fourth-order valence-electron chi connectivity index (χ4n) is 3.64. The molecule has 3 heterocycles. The second-order valence-corrected chi connectivity index (χ2v) is 7.50. The number of halogens is 1. The molecule has 2 aromatic heterocycles. The average Bonchev–Trinajstić information content (AvgIpc) is 3.17. The van der Waals surface area contributed by atoms with Crippen molar-refractivity contribution in [2.75, 3.05) is 20.8 Å². The van der Waals surface area contributed by atoms with Gasteiger partial charge in [-0.05, 0) is 41.8 Å². The van der Waals surface area contributed by atoms with Crippen LogP contribution in [0.1, 0.15) is 21.7 Å². The minimum absolute atomic E-state index is 0.127. The van der Waals surface area contributed by atoms with Gasteiger partial charge < -0.3 is 18.9 Å². The molecule has 0 spiro atoms. The van der Waals surface area contributed by atoms with Crippen LogP contribution in [0.5, 0.6) is 5.75 Å². The number of rotatable bonds is 6. The van der Waals surface area contributed by atoms with E-state index in [1.165, 1.54) is 0 Å². The minimum Gasteiger partial charge on any atom is -0.497 e. The molecule has 1 aromatic carbocycles. The number of hydrogen-bond acceptors (Lipinski definition) is 6. The number of amides is 1. The normalized spacial score (nSPS) is 15.9. The lowest BCUT2D eigenvalue weighted by Crippen LogP contribution is -2.49. The first kappa shape index (κ1) is 20.3. The third kappa shape index (κ3) is 3.88. The van der Waals surface area contributed by atoms with Crippen molar-refractivity contribution in [3.63, 3.8) is 0 Å². The number of imidazole rings is 1. The second-order valence-electron chi connectivity index (χ2n) is 7.17. The van der Waals surface area contributed by atoms with E-state index in [0.717, 1.165) is 16.9 Å². The molecular weight excluding hydrogens is 406 g/mol. The second kappa shape index (κ2) is 8.41. The number of ether oxygens (including phenoxy) is 2. The zero-order valence-corrected chi connectivity index (χ0v) is 17.8. The van der Waals surface area contributed by atoms with E-state index in [-0.39, 0.29) is 17.2 Å². The van der Waals surface area contributed by atoms with Gasteiger partial charge in [0, 0.05) is 32.6 Å². The van der Waals surface area contributed by atoms with E-state index in [1.807, 2.05) is 42.0 Å². The van der Waals surface area contributed by atoms with Crippen LogP contribution in [0.15, 0.2) is 36.7 Å². The number of carbonyl (C=O) groups excluding carboxylic acids is 1. The largest absolute Gasteiger partial charge is 0.497 e. The first-order valence-electron chi connectivity index (χ1n) is 9.49. The number of fused-ring (bicyclic) bond motifs is 1. The fourth-order valence-corrected chi connectivity index (χ4v) is 3.78. The number of nitrogens with zero attached hydrogens (tertiary/aromatic N) is 5. The van der Waals surface area contributed by atoms with Crippen LogP contribution in [0.2, 0.25) is 5.28 Å². The van der Waals surface area contributed by atoms with Gasteiger partial charge in [0.1, 0.15) is 11.4 Å². The highest BCUT2D eigenvalue weighted by Crippen LogP contribution is 2.27. The van der Waals surface area contributed by atoms with Gasteiger partial charge in [0.05, 0.1) is 25.5 Å². The molecule has 156 valence electrons. The Labute approximate surface area is 179 Å².